The van der Waals surface area contributed by atoms with Gasteiger partial charge in [0.05, 0.1) is 33.5 Å². The van der Waals surface area contributed by atoms with E-state index in [9.17, 15) is 0 Å². The fourth-order valence-electron chi connectivity index (χ4n) is 6.69. The molecule has 6 aromatic heterocycles. The van der Waals surface area contributed by atoms with Gasteiger partial charge in [-0.15, -0.1) is 0 Å². The molecule has 4 N–H and O–H groups in total. The lowest BCUT2D eigenvalue weighted by Gasteiger charge is -2.11. The highest BCUT2D eigenvalue weighted by atomic mass is 14.8. The highest BCUT2D eigenvalue weighted by Crippen LogP contribution is 2.40. The largest absolute Gasteiger partial charge is 0.361 e. The molecule has 0 saturated heterocycles. The van der Waals surface area contributed by atoms with Crippen molar-refractivity contribution in [2.24, 2.45) is 0 Å². The van der Waals surface area contributed by atoms with Crippen LogP contribution in [0.1, 0.15) is 11.4 Å². The lowest BCUT2D eigenvalue weighted by atomic mass is 10.0. The number of nitrogens with one attached hydrogen (secondary N) is 4. The number of aromatic amines is 4. The topological polar surface area (TPSA) is 88.9 Å². The van der Waals surface area contributed by atoms with Crippen molar-refractivity contribution in [1.82, 2.24) is 29.9 Å². The van der Waals surface area contributed by atoms with Crippen LogP contribution < -0.4 is 0 Å². The molecule has 0 radical (unpaired) electrons. The highest BCUT2D eigenvalue weighted by molar-refractivity contribution is 6.13. The van der Waals surface area contributed by atoms with Gasteiger partial charge in [0.1, 0.15) is 0 Å². The molecule has 8 bridgehead atoms. The first kappa shape index (κ1) is 19.7. The van der Waals surface area contributed by atoms with E-state index in [1.165, 1.54) is 10.8 Å². The molecule has 39 heavy (non-hydrogen) atoms. The van der Waals surface area contributed by atoms with E-state index in [1.54, 1.807) is 0 Å². The molecule has 0 aliphatic carbocycles. The summed E-state index contributed by atoms with van der Waals surface area (Å²) in [6.45, 7) is 0. The third kappa shape index (κ3) is 2.55. The monoisotopic (exact) mass is 500 g/mol. The van der Waals surface area contributed by atoms with E-state index in [-0.39, 0.29) is 0 Å². The molecule has 0 amide bonds. The van der Waals surface area contributed by atoms with Gasteiger partial charge in [-0.05, 0) is 48.5 Å². The first-order valence-electron chi connectivity index (χ1n) is 13.2. The number of benzene rings is 3. The van der Waals surface area contributed by atoms with Crippen molar-refractivity contribution >= 4 is 65.4 Å². The highest BCUT2D eigenvalue weighted by Gasteiger charge is 2.19. The Morgan fingerprint density at radius 1 is 0.513 bits per heavy atom. The minimum atomic E-state index is 0.767. The van der Waals surface area contributed by atoms with Crippen molar-refractivity contribution in [3.63, 3.8) is 0 Å². The zero-order chi connectivity index (χ0) is 25.2. The van der Waals surface area contributed by atoms with Gasteiger partial charge in [0, 0.05) is 84.7 Å². The summed E-state index contributed by atoms with van der Waals surface area (Å²) in [5, 5.41) is 6.82. The van der Waals surface area contributed by atoms with Crippen LogP contribution in [0.2, 0.25) is 0 Å². The van der Waals surface area contributed by atoms with Crippen molar-refractivity contribution in [2.45, 2.75) is 6.42 Å². The van der Waals surface area contributed by atoms with Gasteiger partial charge in [-0.25, -0.2) is 9.97 Å². The molecule has 0 atom stereocenters. The van der Waals surface area contributed by atoms with E-state index in [0.717, 1.165) is 95.0 Å². The van der Waals surface area contributed by atoms with E-state index in [2.05, 4.69) is 92.7 Å². The summed E-state index contributed by atoms with van der Waals surface area (Å²) >= 11 is 0. The van der Waals surface area contributed by atoms with Crippen LogP contribution in [0.4, 0.5) is 0 Å². The molecular weight excluding hydrogens is 480 g/mol. The quantitative estimate of drug-likeness (QED) is 0.159. The molecule has 6 nitrogen and oxygen atoms in total. The summed E-state index contributed by atoms with van der Waals surface area (Å²) in [6, 6.07) is 26.2. The second-order valence-electron chi connectivity index (χ2n) is 10.7. The normalized spacial score (nSPS) is 13.0. The van der Waals surface area contributed by atoms with Gasteiger partial charge in [-0.1, -0.05) is 24.3 Å². The van der Waals surface area contributed by atoms with Crippen LogP contribution in [0.25, 0.3) is 87.9 Å². The Morgan fingerprint density at radius 3 is 1.51 bits per heavy atom. The molecule has 0 saturated carbocycles. The molecule has 0 unspecified atom stereocenters. The molecule has 6 heteroatoms. The Hall–Kier alpha value is -5.36. The molecule has 9 aromatic rings. The van der Waals surface area contributed by atoms with E-state index in [4.69, 9.17) is 9.97 Å². The average Bonchev–Trinajstić information content (AvgIpc) is 3.75. The third-order valence-corrected chi connectivity index (χ3v) is 8.42. The average molecular weight is 501 g/mol. The number of pyridine rings is 2. The van der Waals surface area contributed by atoms with Gasteiger partial charge in [-0.3, -0.25) is 0 Å². The summed E-state index contributed by atoms with van der Waals surface area (Å²) < 4.78 is 0. The summed E-state index contributed by atoms with van der Waals surface area (Å²) in [5.74, 6) is 0. The van der Waals surface area contributed by atoms with E-state index < -0.39 is 0 Å². The van der Waals surface area contributed by atoms with Gasteiger partial charge in [-0.2, -0.15) is 0 Å². The van der Waals surface area contributed by atoms with Crippen LogP contribution in [0, 0.1) is 0 Å². The molecule has 182 valence electrons. The molecule has 1 aliphatic heterocycles. The number of hydrogen-bond acceptors (Lipinski definition) is 2. The molecule has 0 spiro atoms. The number of aromatic nitrogens is 6. The van der Waals surface area contributed by atoms with Crippen LogP contribution in [-0.2, 0) is 6.42 Å². The zero-order valence-corrected chi connectivity index (χ0v) is 20.7. The Kier molecular flexibility index (Phi) is 3.41. The van der Waals surface area contributed by atoms with Crippen LogP contribution in [0.15, 0.2) is 85.2 Å². The Morgan fingerprint density at radius 2 is 1.00 bits per heavy atom. The number of nitrogens with zero attached hydrogens (tertiary/aromatic N) is 2. The predicted octanol–water partition coefficient (Wildman–Crippen LogP) is 7.95. The maximum absolute atomic E-state index is 5.31. The van der Waals surface area contributed by atoms with Gasteiger partial charge >= 0.3 is 0 Å². The summed E-state index contributed by atoms with van der Waals surface area (Å²) in [4.78, 5) is 25.0. The summed E-state index contributed by atoms with van der Waals surface area (Å²) in [7, 11) is 0. The Balaban J connectivity index is 1.43. The van der Waals surface area contributed by atoms with Crippen LogP contribution >= 0.6 is 0 Å². The fraction of sp³-hybridized carbons (Fsp3) is 0.0303. The van der Waals surface area contributed by atoms with Gasteiger partial charge < -0.3 is 19.9 Å². The Bertz CT molecular complexity index is 2310. The number of rotatable bonds is 0. The maximum Gasteiger partial charge on any atom is 0.0972 e. The van der Waals surface area contributed by atoms with Gasteiger partial charge in [0.25, 0.3) is 0 Å². The van der Waals surface area contributed by atoms with Crippen molar-refractivity contribution in [2.75, 3.05) is 0 Å². The molecule has 7 heterocycles. The van der Waals surface area contributed by atoms with Gasteiger partial charge in [0.2, 0.25) is 0 Å². The Labute approximate surface area is 220 Å². The molecule has 3 aromatic carbocycles. The van der Waals surface area contributed by atoms with Crippen molar-refractivity contribution in [3.05, 3.63) is 96.6 Å². The van der Waals surface area contributed by atoms with Gasteiger partial charge in [0.15, 0.2) is 0 Å². The van der Waals surface area contributed by atoms with Crippen molar-refractivity contribution < 1.29 is 0 Å². The maximum atomic E-state index is 5.31. The van der Waals surface area contributed by atoms with Crippen LogP contribution in [0.5, 0.6) is 0 Å². The molecule has 1 aliphatic rings. The second kappa shape index (κ2) is 6.74. The van der Waals surface area contributed by atoms with Crippen molar-refractivity contribution in [3.8, 4) is 22.5 Å². The van der Waals surface area contributed by atoms with Crippen LogP contribution in [0.3, 0.4) is 0 Å². The molecule has 0 fully saturated rings. The lowest BCUT2D eigenvalue weighted by molar-refractivity contribution is 1.07. The van der Waals surface area contributed by atoms with E-state index in [0.29, 0.717) is 0 Å². The SMILES string of the molecule is c1cc2c3c4[nH]c(cc4cc2[nH]1)Cc1cc2cc4[nH]ccc4c(c2[nH]1)-c1ccc2ccc4ccc-3nc4c2n1. The minimum absolute atomic E-state index is 0.767. The minimum Gasteiger partial charge on any atom is -0.361 e. The van der Waals surface area contributed by atoms with Crippen LogP contribution in [-0.4, -0.2) is 29.9 Å². The molecule has 10 rings (SSSR count). The van der Waals surface area contributed by atoms with E-state index in [1.807, 2.05) is 12.4 Å². The standard InChI is InChI=1S/C33H20N6/c1-2-17-4-6-25-29-23-8-10-35-27(23)14-19-12-21(37-31(19)29)15-20-11-18-13-26-22(7-9-34-26)28(30(18)36-20)24-5-3-16(1)32(38-24)33(17)39-25/h1-14,34-37H,15H2. The predicted molar refractivity (Wildman–Crippen MR) is 158 cm³/mol. The van der Waals surface area contributed by atoms with E-state index >= 15 is 0 Å². The summed E-state index contributed by atoms with van der Waals surface area (Å²) in [5.41, 5.74) is 12.7. The first-order valence-corrected chi connectivity index (χ1v) is 13.2. The first-order chi connectivity index (χ1) is 19.3. The molecular formula is C33H20N6. The smallest absolute Gasteiger partial charge is 0.0972 e. The van der Waals surface area contributed by atoms with Crippen molar-refractivity contribution in [1.29, 1.82) is 0 Å². The third-order valence-electron chi connectivity index (χ3n) is 8.42. The number of H-pyrrole nitrogens is 4. The summed E-state index contributed by atoms with van der Waals surface area (Å²) in [6.07, 6.45) is 4.78. The lowest BCUT2D eigenvalue weighted by Crippen LogP contribution is -1.93. The second-order valence-corrected chi connectivity index (χ2v) is 10.7. The number of hydrogen-bond donors (Lipinski definition) is 4. The fourth-order valence-corrected chi connectivity index (χ4v) is 6.69. The number of fused-ring (bicyclic) bond motifs is 10. The zero-order valence-electron chi connectivity index (χ0n) is 20.7.